The van der Waals surface area contributed by atoms with Gasteiger partial charge in [0.1, 0.15) is 23.7 Å². The Labute approximate surface area is 128 Å². The molecule has 0 aliphatic heterocycles. The number of hydrogen-bond acceptors (Lipinski definition) is 2. The number of carboxylic acid groups (broad SMARTS) is 1. The fourth-order valence-corrected chi connectivity index (χ4v) is 2.09. The van der Waals surface area contributed by atoms with Gasteiger partial charge in [0.05, 0.1) is 0 Å². The Morgan fingerprint density at radius 1 is 1.30 bits per heavy atom. The number of hydrogen-bond donors (Lipinski definition) is 1. The van der Waals surface area contributed by atoms with Gasteiger partial charge in [0, 0.05) is 15.1 Å². The van der Waals surface area contributed by atoms with Crippen LogP contribution in [-0.4, -0.2) is 11.1 Å². The average Bonchev–Trinajstić information content (AvgIpc) is 2.37. The second kappa shape index (κ2) is 6.24. The Morgan fingerprint density at radius 2 is 2.05 bits per heavy atom. The Kier molecular flexibility index (Phi) is 4.62. The molecule has 0 unspecified atom stereocenters. The zero-order valence-electron chi connectivity index (χ0n) is 10.1. The minimum absolute atomic E-state index is 0.0163. The number of rotatable bonds is 4. The molecular formula is C14H9BrClFO3. The summed E-state index contributed by atoms with van der Waals surface area (Å²) in [4.78, 5) is 11.1. The van der Waals surface area contributed by atoms with E-state index >= 15 is 0 Å². The molecule has 0 aromatic heterocycles. The Bertz CT molecular complexity index is 661. The topological polar surface area (TPSA) is 46.5 Å². The van der Waals surface area contributed by atoms with Gasteiger partial charge >= 0.3 is 5.97 Å². The standard InChI is InChI=1S/C14H9BrClFO3/c15-9-2-4-11(14(18)19)13(5-9)20-7-8-1-3-10(16)6-12(8)17/h1-6H,7H2,(H,18,19). The van der Waals surface area contributed by atoms with E-state index in [1.165, 1.54) is 24.3 Å². The second-order valence-corrected chi connectivity index (χ2v) is 5.32. The summed E-state index contributed by atoms with van der Waals surface area (Å²) in [5.41, 5.74) is 0.313. The number of aromatic carboxylic acids is 1. The zero-order valence-corrected chi connectivity index (χ0v) is 12.4. The fraction of sp³-hybridized carbons (Fsp3) is 0.0714. The van der Waals surface area contributed by atoms with E-state index in [9.17, 15) is 9.18 Å². The average molecular weight is 360 g/mol. The summed E-state index contributed by atoms with van der Waals surface area (Å²) in [7, 11) is 0. The van der Waals surface area contributed by atoms with Crippen molar-refractivity contribution in [3.8, 4) is 5.75 Å². The Hall–Kier alpha value is -1.59. The van der Waals surface area contributed by atoms with Crippen molar-refractivity contribution in [3.63, 3.8) is 0 Å². The number of carboxylic acids is 1. The number of carbonyl (C=O) groups is 1. The molecule has 0 saturated heterocycles. The van der Waals surface area contributed by atoms with E-state index < -0.39 is 11.8 Å². The third-order valence-corrected chi connectivity index (χ3v) is 3.30. The number of halogens is 3. The molecule has 0 radical (unpaired) electrons. The molecule has 0 saturated carbocycles. The molecule has 0 fully saturated rings. The summed E-state index contributed by atoms with van der Waals surface area (Å²) in [5, 5.41) is 9.35. The van der Waals surface area contributed by atoms with Crippen molar-refractivity contribution in [2.75, 3.05) is 0 Å². The largest absolute Gasteiger partial charge is 0.488 e. The molecule has 0 aliphatic carbocycles. The first kappa shape index (κ1) is 14.8. The molecule has 2 aromatic carbocycles. The summed E-state index contributed by atoms with van der Waals surface area (Å²) in [5.74, 6) is -1.44. The predicted molar refractivity (Wildman–Crippen MR) is 76.8 cm³/mol. The van der Waals surface area contributed by atoms with Crippen molar-refractivity contribution in [2.24, 2.45) is 0 Å². The molecule has 20 heavy (non-hydrogen) atoms. The van der Waals surface area contributed by atoms with Gasteiger partial charge in [0.2, 0.25) is 0 Å². The highest BCUT2D eigenvalue weighted by Crippen LogP contribution is 2.25. The molecule has 0 spiro atoms. The molecule has 1 N–H and O–H groups in total. The van der Waals surface area contributed by atoms with Crippen LogP contribution in [0.25, 0.3) is 0 Å². The third-order valence-electron chi connectivity index (χ3n) is 2.57. The summed E-state index contributed by atoms with van der Waals surface area (Å²) in [6, 6.07) is 8.76. The Balaban J connectivity index is 2.22. The third kappa shape index (κ3) is 3.49. The molecule has 3 nitrogen and oxygen atoms in total. The Morgan fingerprint density at radius 3 is 2.70 bits per heavy atom. The van der Waals surface area contributed by atoms with Gasteiger partial charge in [-0.3, -0.25) is 0 Å². The van der Waals surface area contributed by atoms with Crippen LogP contribution >= 0.6 is 27.5 Å². The van der Waals surface area contributed by atoms with Gasteiger partial charge in [0.15, 0.2) is 0 Å². The molecule has 2 rings (SSSR count). The normalized spacial score (nSPS) is 10.3. The molecule has 6 heteroatoms. The van der Waals surface area contributed by atoms with Gasteiger partial charge in [-0.1, -0.05) is 33.6 Å². The van der Waals surface area contributed by atoms with Crippen molar-refractivity contribution < 1.29 is 19.0 Å². The monoisotopic (exact) mass is 358 g/mol. The summed E-state index contributed by atoms with van der Waals surface area (Å²) in [6.45, 7) is -0.0836. The first-order valence-corrected chi connectivity index (χ1v) is 6.74. The van der Waals surface area contributed by atoms with Crippen LogP contribution in [0.2, 0.25) is 5.02 Å². The van der Waals surface area contributed by atoms with Gasteiger partial charge in [0.25, 0.3) is 0 Å². The lowest BCUT2D eigenvalue weighted by atomic mass is 10.2. The van der Waals surface area contributed by atoms with Crippen molar-refractivity contribution in [2.45, 2.75) is 6.61 Å². The second-order valence-electron chi connectivity index (χ2n) is 3.97. The van der Waals surface area contributed by atoms with Crippen LogP contribution in [0, 0.1) is 5.82 Å². The minimum atomic E-state index is -1.11. The van der Waals surface area contributed by atoms with Crippen LogP contribution in [0.5, 0.6) is 5.75 Å². The van der Waals surface area contributed by atoms with E-state index in [1.807, 2.05) is 0 Å². The van der Waals surface area contributed by atoms with Crippen LogP contribution < -0.4 is 4.74 Å². The van der Waals surface area contributed by atoms with Crippen LogP contribution in [-0.2, 0) is 6.61 Å². The van der Waals surface area contributed by atoms with E-state index in [0.717, 1.165) is 0 Å². The van der Waals surface area contributed by atoms with Gasteiger partial charge in [-0.15, -0.1) is 0 Å². The lowest BCUT2D eigenvalue weighted by molar-refractivity contribution is 0.0691. The highest BCUT2D eigenvalue weighted by molar-refractivity contribution is 9.10. The molecule has 2 aromatic rings. The maximum Gasteiger partial charge on any atom is 0.339 e. The SMILES string of the molecule is O=C(O)c1ccc(Br)cc1OCc1ccc(Cl)cc1F. The van der Waals surface area contributed by atoms with Crippen LogP contribution in [0.1, 0.15) is 15.9 Å². The van der Waals surface area contributed by atoms with Crippen molar-refractivity contribution in [1.82, 2.24) is 0 Å². The van der Waals surface area contributed by atoms with Crippen LogP contribution in [0.15, 0.2) is 40.9 Å². The number of benzene rings is 2. The highest BCUT2D eigenvalue weighted by atomic mass is 79.9. The fourth-order valence-electron chi connectivity index (χ4n) is 1.59. The molecule has 0 atom stereocenters. The van der Waals surface area contributed by atoms with Gasteiger partial charge in [-0.05, 0) is 30.3 Å². The molecule has 0 heterocycles. The van der Waals surface area contributed by atoms with E-state index in [4.69, 9.17) is 21.4 Å². The lowest BCUT2D eigenvalue weighted by Crippen LogP contribution is -2.04. The van der Waals surface area contributed by atoms with Crippen molar-refractivity contribution in [1.29, 1.82) is 0 Å². The predicted octanol–water partition coefficient (Wildman–Crippen LogP) is 4.52. The molecule has 0 bridgehead atoms. The van der Waals surface area contributed by atoms with E-state index in [2.05, 4.69) is 15.9 Å². The first-order valence-electron chi connectivity index (χ1n) is 5.57. The van der Waals surface area contributed by atoms with E-state index in [-0.39, 0.29) is 17.9 Å². The summed E-state index contributed by atoms with van der Waals surface area (Å²) in [6.07, 6.45) is 0. The van der Waals surface area contributed by atoms with Gasteiger partial charge < -0.3 is 9.84 Å². The van der Waals surface area contributed by atoms with Gasteiger partial charge in [-0.2, -0.15) is 0 Å². The quantitative estimate of drug-likeness (QED) is 0.873. The van der Waals surface area contributed by atoms with Crippen LogP contribution in [0.3, 0.4) is 0 Å². The lowest BCUT2D eigenvalue weighted by Gasteiger charge is -2.10. The van der Waals surface area contributed by atoms with Crippen molar-refractivity contribution in [3.05, 3.63) is 62.8 Å². The maximum atomic E-state index is 13.6. The molecule has 0 amide bonds. The molecule has 104 valence electrons. The highest BCUT2D eigenvalue weighted by Gasteiger charge is 2.12. The summed E-state index contributed by atoms with van der Waals surface area (Å²) >= 11 is 8.89. The number of ether oxygens (including phenoxy) is 1. The zero-order chi connectivity index (χ0) is 14.7. The molecule has 0 aliphatic rings. The van der Waals surface area contributed by atoms with E-state index in [1.54, 1.807) is 12.1 Å². The van der Waals surface area contributed by atoms with Crippen molar-refractivity contribution >= 4 is 33.5 Å². The molecular weight excluding hydrogens is 351 g/mol. The first-order chi connectivity index (χ1) is 9.47. The van der Waals surface area contributed by atoms with Crippen LogP contribution in [0.4, 0.5) is 4.39 Å². The minimum Gasteiger partial charge on any atom is -0.488 e. The van der Waals surface area contributed by atoms with E-state index in [0.29, 0.717) is 15.1 Å². The van der Waals surface area contributed by atoms with Gasteiger partial charge in [-0.25, -0.2) is 9.18 Å². The smallest absolute Gasteiger partial charge is 0.339 e. The summed E-state index contributed by atoms with van der Waals surface area (Å²) < 4.78 is 19.7. The maximum absolute atomic E-state index is 13.6.